The molecule has 0 saturated carbocycles. The van der Waals surface area contributed by atoms with Gasteiger partial charge in [0, 0.05) is 0 Å². The van der Waals surface area contributed by atoms with Crippen LogP contribution in [0.1, 0.15) is 199 Å². The molecule has 105 heavy (non-hydrogen) atoms. The predicted octanol–water partition coefficient (Wildman–Crippen LogP) is 22.1. The second kappa shape index (κ2) is 30.9. The molecule has 10 atom stereocenters. The van der Waals surface area contributed by atoms with E-state index in [-0.39, 0.29) is 11.8 Å². The summed E-state index contributed by atoms with van der Waals surface area (Å²) in [5.41, 5.74) is 15.9. The molecule has 10 heteroatoms. The van der Waals surface area contributed by atoms with Gasteiger partial charge in [0.15, 0.2) is 0 Å². The first kappa shape index (κ1) is 73.7. The predicted molar refractivity (Wildman–Crippen MR) is 434 cm³/mol. The van der Waals surface area contributed by atoms with E-state index < -0.39 is 18.3 Å². The van der Waals surface area contributed by atoms with E-state index in [9.17, 15) is 0 Å². The van der Waals surface area contributed by atoms with Crippen LogP contribution in [0.5, 0.6) is 46.0 Å². The average Bonchev–Trinajstić information content (AvgIpc) is 1.51. The van der Waals surface area contributed by atoms with E-state index in [2.05, 4.69) is 261 Å². The summed E-state index contributed by atoms with van der Waals surface area (Å²) in [5, 5.41) is 2.63. The van der Waals surface area contributed by atoms with Crippen molar-refractivity contribution in [2.45, 2.75) is 166 Å². The second-order valence-corrected chi connectivity index (χ2v) is 35.4. The SMILES string of the molecule is CCC(C)COc1cc2c(cc1OCC(C)CC)C13c4ccccc4-c4ccc(cc41)[PH](O)(c1ccccc1)c1ccc4c(c1)C1(c5ccccc5-4)c4cc(OCC(C)CC)c(OCC(C)CC)cc4-c4cc(OCC(C)CC)c(cc41)OCC(C)CCCC(C)COc1cc3c-2cc1OCC(C)CC. The van der Waals surface area contributed by atoms with Crippen molar-refractivity contribution in [1.82, 2.24) is 0 Å². The Morgan fingerprint density at radius 2 is 0.629 bits per heavy atom. The van der Waals surface area contributed by atoms with Crippen molar-refractivity contribution in [3.63, 3.8) is 0 Å². The normalized spacial score (nSPS) is 20.4. The van der Waals surface area contributed by atoms with Gasteiger partial charge in [0.25, 0.3) is 0 Å². The minimum Gasteiger partial charge on any atom is -0.0650 e. The van der Waals surface area contributed by atoms with Gasteiger partial charge in [0.2, 0.25) is 0 Å². The first-order chi connectivity index (χ1) is 50.9. The molecule has 4 aliphatic carbocycles. The van der Waals surface area contributed by atoms with E-state index in [4.69, 9.17) is 37.9 Å². The van der Waals surface area contributed by atoms with Crippen LogP contribution in [0.15, 0.2) is 164 Å². The van der Waals surface area contributed by atoms with Crippen LogP contribution in [-0.2, 0) is 10.8 Å². The third kappa shape index (κ3) is 13.3. The summed E-state index contributed by atoms with van der Waals surface area (Å²) in [5.74, 6) is 8.24. The van der Waals surface area contributed by atoms with Crippen LogP contribution in [-0.4, -0.2) is 57.7 Å². The Morgan fingerprint density at radius 3 is 0.990 bits per heavy atom. The van der Waals surface area contributed by atoms with E-state index in [1.54, 1.807) is 0 Å². The molecule has 10 unspecified atom stereocenters. The van der Waals surface area contributed by atoms with Gasteiger partial charge in [-0.3, -0.25) is 0 Å². The van der Waals surface area contributed by atoms with Crippen molar-refractivity contribution in [2.24, 2.45) is 47.3 Å². The van der Waals surface area contributed by atoms with Crippen LogP contribution in [0, 0.1) is 47.3 Å². The van der Waals surface area contributed by atoms with Crippen LogP contribution in [0.4, 0.5) is 0 Å². The Bertz CT molecular complexity index is 4350. The van der Waals surface area contributed by atoms with E-state index in [1.165, 1.54) is 11.1 Å². The van der Waals surface area contributed by atoms with Gasteiger partial charge >= 0.3 is 603 Å². The molecule has 1 aliphatic heterocycles. The smallest absolute Gasteiger partial charge is 0.0650 e. The van der Waals surface area contributed by atoms with Crippen molar-refractivity contribution < 1.29 is 42.8 Å². The fraction of sp³-hybridized carbons (Fsp3) is 0.432. The van der Waals surface area contributed by atoms with Gasteiger partial charge in [-0.2, -0.15) is 0 Å². The molecule has 8 bridgehead atoms. The van der Waals surface area contributed by atoms with Gasteiger partial charge in [-0.1, -0.05) is 27.7 Å². The molecular weight excluding hydrogens is 1320 g/mol. The second-order valence-electron chi connectivity index (χ2n) is 32.3. The zero-order valence-electron chi connectivity index (χ0n) is 64.9. The molecular formula is C95H113O9P. The monoisotopic (exact) mass is 1430 g/mol. The van der Waals surface area contributed by atoms with Crippen molar-refractivity contribution >= 4 is 23.4 Å². The van der Waals surface area contributed by atoms with Crippen molar-refractivity contribution in [3.05, 3.63) is 208 Å². The zero-order chi connectivity index (χ0) is 73.5. The summed E-state index contributed by atoms with van der Waals surface area (Å²) in [7, 11) is -4.14. The van der Waals surface area contributed by atoms with Gasteiger partial charge < -0.3 is 0 Å². The molecule has 14 rings (SSSR count). The van der Waals surface area contributed by atoms with Crippen molar-refractivity contribution in [2.75, 3.05) is 52.9 Å². The van der Waals surface area contributed by atoms with Crippen LogP contribution in [0.3, 0.4) is 0 Å². The summed E-state index contributed by atoms with van der Waals surface area (Å²) in [6.45, 7) is 35.8. The Labute approximate surface area is 627 Å². The maximum atomic E-state index is 15.3. The Kier molecular flexibility index (Phi) is 21.7. The third-order valence-corrected chi connectivity index (χ3v) is 27.9. The fourth-order valence-corrected chi connectivity index (χ4v) is 19.5. The van der Waals surface area contributed by atoms with Crippen LogP contribution in [0.2, 0.25) is 0 Å². The molecule has 1 N–H and O–H groups in total. The molecule has 5 aliphatic rings. The first-order valence-corrected chi connectivity index (χ1v) is 41.9. The Morgan fingerprint density at radius 1 is 0.333 bits per heavy atom. The van der Waals surface area contributed by atoms with E-state index in [0.717, 1.165) is 198 Å². The quantitative estimate of drug-likeness (QED) is 0.0562. The Balaban J connectivity index is 1.07. The van der Waals surface area contributed by atoms with Crippen molar-refractivity contribution in [1.29, 1.82) is 0 Å². The van der Waals surface area contributed by atoms with Crippen LogP contribution in [0.25, 0.3) is 44.5 Å². The maximum absolute atomic E-state index is 15.3. The summed E-state index contributed by atoms with van der Waals surface area (Å²) < 4.78 is 56.9. The van der Waals surface area contributed by atoms with Gasteiger partial charge in [0.05, 0.1) is 0 Å². The van der Waals surface area contributed by atoms with E-state index >= 15 is 4.89 Å². The number of rotatable bonds is 25. The molecule has 0 saturated heterocycles. The van der Waals surface area contributed by atoms with Gasteiger partial charge in [-0.15, -0.1) is 0 Å². The summed E-state index contributed by atoms with van der Waals surface area (Å²) in [6, 6.07) is 60.8. The number of hydrogen-bond acceptors (Lipinski definition) is 9. The van der Waals surface area contributed by atoms with E-state index in [0.29, 0.717) is 88.4 Å². The minimum atomic E-state index is -4.14. The zero-order valence-corrected chi connectivity index (χ0v) is 65.9. The van der Waals surface area contributed by atoms with Crippen LogP contribution < -0.4 is 53.8 Å². The standard InChI is InChI=1S/C95H113O9P/c1-15-59(7)51-97-86-43-74-76-45-88(99-53-61(9)17-3)92-49-84(76)94(82(74)47-90(86)101-55-63(11)19-5)78-35-26-24-33-70(78)72-39-37-68(41-80(72)94)105(96,67-31-22-21-23-32-67)69-38-40-73-71-34-25-27-36-79(71)95(81(73)42-69)83-48-91(102-56-64(12)20-6)87(98-52-60(8)16-2)44-75(83)77-46-89(100-54-62(10)18-4)93(50-85(77)95)104-58-66(14)30-28-29-65(13)57-103-92/h21-27,31-50,59-66,96,105H,15-20,28-30,51-58H2,1-14H3. The van der Waals surface area contributed by atoms with Crippen molar-refractivity contribution in [3.8, 4) is 90.5 Å². The molecule has 0 amide bonds. The molecule has 9 aromatic carbocycles. The third-order valence-electron chi connectivity index (χ3n) is 24.4. The molecule has 0 aromatic heterocycles. The minimum absolute atomic E-state index is 0.227. The summed E-state index contributed by atoms with van der Waals surface area (Å²) in [6.07, 6.45) is 8.85. The number of hydrogen-bond donors (Lipinski definition) is 1. The molecule has 552 valence electrons. The number of ether oxygens (including phenoxy) is 8. The molecule has 2 spiro atoms. The molecule has 9 aromatic rings. The molecule has 0 fully saturated rings. The van der Waals surface area contributed by atoms with Gasteiger partial charge in [-0.05, 0) is 0 Å². The molecule has 9 nitrogen and oxygen atoms in total. The van der Waals surface area contributed by atoms with Gasteiger partial charge in [0.1, 0.15) is 0 Å². The molecule has 0 radical (unpaired) electrons. The average molecular weight is 1430 g/mol. The fourth-order valence-electron chi connectivity index (χ4n) is 16.5. The number of fused-ring (bicyclic) bond motifs is 12. The summed E-state index contributed by atoms with van der Waals surface area (Å²) >= 11 is 0. The number of benzene rings is 9. The summed E-state index contributed by atoms with van der Waals surface area (Å²) in [4.78, 5) is 15.3. The molecule has 1 heterocycles. The first-order valence-electron chi connectivity index (χ1n) is 40.0. The van der Waals surface area contributed by atoms with E-state index in [1.807, 2.05) is 0 Å². The van der Waals surface area contributed by atoms with Gasteiger partial charge in [-0.25, -0.2) is 0 Å². The van der Waals surface area contributed by atoms with Crippen LogP contribution >= 0.6 is 7.49 Å². The Hall–Kier alpha value is -8.23. The topological polar surface area (TPSA) is 94.1 Å².